The van der Waals surface area contributed by atoms with Gasteiger partial charge in [-0.05, 0) is 0 Å². The average molecular weight is 160 g/mol. The fourth-order valence-corrected chi connectivity index (χ4v) is 0.570. The average Bonchev–Trinajstić information content (AvgIpc) is 2.03. The van der Waals surface area contributed by atoms with E-state index in [1.807, 2.05) is 0 Å². The predicted molar refractivity (Wildman–Crippen MR) is 39.0 cm³/mol. The van der Waals surface area contributed by atoms with Crippen molar-refractivity contribution >= 4 is 5.97 Å². The van der Waals surface area contributed by atoms with Gasteiger partial charge in [-0.15, -0.1) is 0 Å². The van der Waals surface area contributed by atoms with E-state index in [4.69, 9.17) is 4.74 Å². The van der Waals surface area contributed by atoms with Gasteiger partial charge in [0.25, 0.3) is 0 Å². The summed E-state index contributed by atoms with van der Waals surface area (Å²) < 4.78 is 13.8. The molecule has 0 aromatic heterocycles. The monoisotopic (exact) mass is 160 g/mol. The molecule has 0 aliphatic carbocycles. The highest BCUT2D eigenvalue weighted by molar-refractivity contribution is 5.88. The SMILES string of the molecule is COC=C(COC)C(=O)OC. The number of hydrogen-bond donors (Lipinski definition) is 0. The van der Waals surface area contributed by atoms with Gasteiger partial charge >= 0.3 is 5.97 Å². The van der Waals surface area contributed by atoms with Gasteiger partial charge in [0, 0.05) is 7.11 Å². The van der Waals surface area contributed by atoms with Crippen LogP contribution in [0.3, 0.4) is 0 Å². The van der Waals surface area contributed by atoms with E-state index in [2.05, 4.69) is 9.47 Å². The molecule has 4 heteroatoms. The minimum absolute atomic E-state index is 0.195. The van der Waals surface area contributed by atoms with E-state index in [1.165, 1.54) is 27.6 Å². The van der Waals surface area contributed by atoms with Crippen LogP contribution in [0.5, 0.6) is 0 Å². The lowest BCUT2D eigenvalue weighted by Crippen LogP contribution is -2.09. The van der Waals surface area contributed by atoms with Crippen LogP contribution in [0.1, 0.15) is 0 Å². The number of carbonyl (C=O) groups excluding carboxylic acids is 1. The van der Waals surface area contributed by atoms with Crippen molar-refractivity contribution in [2.45, 2.75) is 0 Å². The molecular weight excluding hydrogens is 148 g/mol. The number of carbonyl (C=O) groups is 1. The molecule has 0 aromatic carbocycles. The molecule has 0 unspecified atom stereocenters. The summed E-state index contributed by atoms with van der Waals surface area (Å²) in [7, 11) is 4.26. The number of rotatable bonds is 4. The fourth-order valence-electron chi connectivity index (χ4n) is 0.570. The van der Waals surface area contributed by atoms with Crippen LogP contribution in [0, 0.1) is 0 Å². The fraction of sp³-hybridized carbons (Fsp3) is 0.571. The van der Waals surface area contributed by atoms with Gasteiger partial charge in [0.15, 0.2) is 0 Å². The highest BCUT2D eigenvalue weighted by atomic mass is 16.5. The first-order valence-electron chi connectivity index (χ1n) is 3.05. The topological polar surface area (TPSA) is 44.8 Å². The van der Waals surface area contributed by atoms with Gasteiger partial charge in [0.1, 0.15) is 0 Å². The zero-order valence-electron chi connectivity index (χ0n) is 6.92. The second-order valence-electron chi connectivity index (χ2n) is 1.80. The molecule has 0 amide bonds. The van der Waals surface area contributed by atoms with Crippen molar-refractivity contribution in [2.24, 2.45) is 0 Å². The third-order valence-electron chi connectivity index (χ3n) is 1.01. The number of methoxy groups -OCH3 is 3. The van der Waals surface area contributed by atoms with Crippen molar-refractivity contribution in [3.8, 4) is 0 Å². The number of hydrogen-bond acceptors (Lipinski definition) is 4. The second-order valence-corrected chi connectivity index (χ2v) is 1.80. The molecule has 0 bridgehead atoms. The van der Waals surface area contributed by atoms with E-state index < -0.39 is 5.97 Å². The molecule has 0 spiro atoms. The van der Waals surface area contributed by atoms with Gasteiger partial charge in [-0.3, -0.25) is 0 Å². The molecule has 4 nitrogen and oxygen atoms in total. The Hall–Kier alpha value is -1.03. The van der Waals surface area contributed by atoms with Crippen molar-refractivity contribution in [2.75, 3.05) is 27.9 Å². The van der Waals surface area contributed by atoms with E-state index in [1.54, 1.807) is 0 Å². The van der Waals surface area contributed by atoms with Gasteiger partial charge in [-0.1, -0.05) is 0 Å². The third-order valence-corrected chi connectivity index (χ3v) is 1.01. The van der Waals surface area contributed by atoms with E-state index >= 15 is 0 Å². The Morgan fingerprint density at radius 3 is 2.36 bits per heavy atom. The lowest BCUT2D eigenvalue weighted by atomic mass is 10.3. The van der Waals surface area contributed by atoms with Crippen molar-refractivity contribution in [3.63, 3.8) is 0 Å². The Bertz CT molecular complexity index is 151. The van der Waals surface area contributed by atoms with Gasteiger partial charge in [-0.2, -0.15) is 0 Å². The maximum Gasteiger partial charge on any atom is 0.339 e. The van der Waals surface area contributed by atoms with Gasteiger partial charge in [0.2, 0.25) is 0 Å². The van der Waals surface area contributed by atoms with Crippen LogP contribution in [-0.2, 0) is 19.0 Å². The van der Waals surface area contributed by atoms with Crippen molar-refractivity contribution in [1.29, 1.82) is 0 Å². The van der Waals surface area contributed by atoms with Crippen LogP contribution in [0.25, 0.3) is 0 Å². The Kier molecular flexibility index (Phi) is 5.20. The molecule has 0 saturated carbocycles. The molecule has 0 rings (SSSR count). The Morgan fingerprint density at radius 1 is 1.36 bits per heavy atom. The summed E-state index contributed by atoms with van der Waals surface area (Å²) in [5, 5.41) is 0. The first-order chi connectivity index (χ1) is 5.26. The summed E-state index contributed by atoms with van der Waals surface area (Å²) in [5.41, 5.74) is 0.359. The normalized spacial score (nSPS) is 11.0. The zero-order chi connectivity index (χ0) is 8.69. The van der Waals surface area contributed by atoms with Gasteiger partial charge in [-0.25, -0.2) is 4.79 Å². The van der Waals surface area contributed by atoms with E-state index in [9.17, 15) is 4.79 Å². The lowest BCUT2D eigenvalue weighted by molar-refractivity contribution is -0.136. The Morgan fingerprint density at radius 2 is 2.00 bits per heavy atom. The van der Waals surface area contributed by atoms with Crippen molar-refractivity contribution in [1.82, 2.24) is 0 Å². The largest absolute Gasteiger partial charge is 0.504 e. The smallest absolute Gasteiger partial charge is 0.339 e. The molecule has 0 atom stereocenters. The molecule has 0 aliphatic heterocycles. The molecule has 0 aliphatic rings. The highest BCUT2D eigenvalue weighted by Crippen LogP contribution is 1.97. The predicted octanol–water partition coefficient (Wildman–Crippen LogP) is 0.336. The van der Waals surface area contributed by atoms with Crippen LogP contribution in [-0.4, -0.2) is 33.9 Å². The summed E-state index contributed by atoms with van der Waals surface area (Å²) in [6.45, 7) is 0.195. The first-order valence-corrected chi connectivity index (χ1v) is 3.05. The molecular formula is C7H12O4. The summed E-state index contributed by atoms with van der Waals surface area (Å²) in [6.07, 6.45) is 1.30. The molecule has 0 radical (unpaired) electrons. The second kappa shape index (κ2) is 5.73. The van der Waals surface area contributed by atoms with E-state index in [0.29, 0.717) is 5.57 Å². The van der Waals surface area contributed by atoms with E-state index in [-0.39, 0.29) is 6.61 Å². The summed E-state index contributed by atoms with van der Waals surface area (Å²) in [5.74, 6) is -0.436. The molecule has 64 valence electrons. The van der Waals surface area contributed by atoms with E-state index in [0.717, 1.165) is 0 Å². The first kappa shape index (κ1) is 9.97. The number of ether oxygens (including phenoxy) is 3. The standard InChI is InChI=1S/C7H12O4/c1-9-4-6(5-10-2)7(8)11-3/h4H,5H2,1-3H3. The molecule has 0 heterocycles. The van der Waals surface area contributed by atoms with Crippen LogP contribution in [0.2, 0.25) is 0 Å². The van der Waals surface area contributed by atoms with Gasteiger partial charge < -0.3 is 14.2 Å². The van der Waals surface area contributed by atoms with Crippen molar-refractivity contribution < 1.29 is 19.0 Å². The van der Waals surface area contributed by atoms with Gasteiger partial charge in [0.05, 0.1) is 32.7 Å². The van der Waals surface area contributed by atoms with Crippen LogP contribution >= 0.6 is 0 Å². The highest BCUT2D eigenvalue weighted by Gasteiger charge is 2.08. The quantitative estimate of drug-likeness (QED) is 0.338. The maximum absolute atomic E-state index is 10.8. The van der Waals surface area contributed by atoms with Crippen LogP contribution in [0.4, 0.5) is 0 Å². The lowest BCUT2D eigenvalue weighted by Gasteiger charge is -2.02. The molecule has 0 N–H and O–H groups in total. The van der Waals surface area contributed by atoms with Crippen LogP contribution in [0.15, 0.2) is 11.8 Å². The minimum atomic E-state index is -0.436. The Balaban J connectivity index is 4.09. The zero-order valence-corrected chi connectivity index (χ0v) is 6.92. The number of esters is 1. The van der Waals surface area contributed by atoms with Crippen molar-refractivity contribution in [3.05, 3.63) is 11.8 Å². The summed E-state index contributed by atoms with van der Waals surface area (Å²) in [4.78, 5) is 10.8. The molecule has 0 fully saturated rings. The maximum atomic E-state index is 10.8. The Labute approximate surface area is 65.7 Å². The third kappa shape index (κ3) is 3.62. The molecule has 0 saturated heterocycles. The summed E-state index contributed by atoms with van der Waals surface area (Å²) >= 11 is 0. The molecule has 11 heavy (non-hydrogen) atoms. The van der Waals surface area contributed by atoms with Crippen LogP contribution < -0.4 is 0 Å². The summed E-state index contributed by atoms with van der Waals surface area (Å²) in [6, 6.07) is 0. The molecule has 0 aromatic rings. The minimum Gasteiger partial charge on any atom is -0.504 e.